The zero-order valence-corrected chi connectivity index (χ0v) is 21.5. The lowest BCUT2D eigenvalue weighted by atomic mass is 9.86. The van der Waals surface area contributed by atoms with Crippen LogP contribution >= 0.6 is 46.0 Å². The maximum absolute atomic E-state index is 13.0. The lowest BCUT2D eigenvalue weighted by Crippen LogP contribution is -2.72. The molecule has 5 N–H and O–H groups in total. The van der Waals surface area contributed by atoms with E-state index < -0.39 is 29.9 Å². The number of thiazole rings is 1. The van der Waals surface area contributed by atoms with E-state index in [1.807, 2.05) is 6.92 Å². The number of β-lactam (4-membered cyclic amide) rings is 1. The number of carbonyl (C=O) groups is 3. The Morgan fingerprint density at radius 2 is 2.17 bits per heavy atom. The minimum atomic E-state index is -1.24. The number of carboxylic acid groups (broad SMARTS) is 1. The first-order chi connectivity index (χ1) is 16.7. The minimum absolute atomic E-state index is 0.0274. The molecule has 2 aromatic heterocycles. The summed E-state index contributed by atoms with van der Waals surface area (Å²) in [5, 5.41) is 28.0. The average molecular weight is 559 g/mol. The van der Waals surface area contributed by atoms with Gasteiger partial charge in [-0.15, -0.1) is 10.2 Å². The third-order valence-corrected chi connectivity index (χ3v) is 8.21. The third-order valence-electron chi connectivity index (χ3n) is 5.05. The molecule has 4 rings (SSSR count). The number of anilines is 2. The number of aliphatic carboxylic acids is 1. The predicted molar refractivity (Wildman–Crippen MR) is 131 cm³/mol. The van der Waals surface area contributed by atoms with E-state index in [-0.39, 0.29) is 26.6 Å². The first-order valence-electron chi connectivity index (χ1n) is 10.1. The molecule has 186 valence electrons. The molecular formula is C18H19ClN8O5S3. The van der Waals surface area contributed by atoms with Gasteiger partial charge in [-0.25, -0.2) is 9.78 Å². The van der Waals surface area contributed by atoms with Gasteiger partial charge in [0.2, 0.25) is 5.13 Å². The number of nitrogen functional groups attached to an aromatic ring is 1. The first kappa shape index (κ1) is 25.2. The van der Waals surface area contributed by atoms with Crippen molar-refractivity contribution in [2.45, 2.75) is 36.2 Å². The topological polar surface area (TPSA) is 185 Å². The predicted octanol–water partition coefficient (Wildman–Crippen LogP) is 1.59. The van der Waals surface area contributed by atoms with Crippen LogP contribution in [-0.4, -0.2) is 74.4 Å². The van der Waals surface area contributed by atoms with Crippen molar-refractivity contribution < 1.29 is 24.3 Å². The fraction of sp³-hybridized carbons (Fsp3) is 0.389. The van der Waals surface area contributed by atoms with Crippen LogP contribution in [0.3, 0.4) is 0 Å². The van der Waals surface area contributed by atoms with Crippen molar-refractivity contribution in [2.75, 3.05) is 24.7 Å². The molecule has 0 bridgehead atoms. The molecule has 2 unspecified atom stereocenters. The number of hydrogen-bond acceptors (Lipinski definition) is 13. The van der Waals surface area contributed by atoms with Crippen molar-refractivity contribution in [3.63, 3.8) is 0 Å². The van der Waals surface area contributed by atoms with Crippen LogP contribution in [0, 0.1) is 0 Å². The van der Waals surface area contributed by atoms with Gasteiger partial charge in [0.1, 0.15) is 28.9 Å². The molecule has 2 aliphatic heterocycles. The Hall–Kier alpha value is -2.95. The van der Waals surface area contributed by atoms with Gasteiger partial charge in [0.05, 0.1) is 6.04 Å². The maximum Gasteiger partial charge on any atom is 0.353 e. The molecule has 17 heteroatoms. The second-order valence-corrected chi connectivity index (χ2v) is 11.1. The highest BCUT2D eigenvalue weighted by molar-refractivity contribution is 8.04. The van der Waals surface area contributed by atoms with Gasteiger partial charge in [-0.3, -0.25) is 14.5 Å². The van der Waals surface area contributed by atoms with E-state index in [4.69, 9.17) is 22.2 Å². The quantitative estimate of drug-likeness (QED) is 0.199. The van der Waals surface area contributed by atoms with E-state index in [9.17, 15) is 19.5 Å². The number of allylic oxidation sites excluding steroid dienone is 1. The molecule has 1 fully saturated rings. The monoisotopic (exact) mass is 558 g/mol. The average Bonchev–Trinajstić information content (AvgIpc) is 3.40. The van der Waals surface area contributed by atoms with Crippen molar-refractivity contribution in [3.05, 3.63) is 20.6 Å². The molecule has 0 aromatic carbocycles. The lowest BCUT2D eigenvalue weighted by molar-refractivity contribution is -0.155. The number of aromatic nitrogens is 3. The number of nitrogens with one attached hydrogen (secondary N) is 2. The lowest BCUT2D eigenvalue weighted by Gasteiger charge is -2.49. The Morgan fingerprint density at radius 3 is 2.80 bits per heavy atom. The summed E-state index contributed by atoms with van der Waals surface area (Å²) in [5.74, 6) is -2.54. The number of nitrogens with two attached hydrogens (primary N) is 1. The smallest absolute Gasteiger partial charge is 0.353 e. The highest BCUT2D eigenvalue weighted by Gasteiger charge is 2.54. The second kappa shape index (κ2) is 10.3. The molecule has 2 amide bonds. The molecule has 1 saturated heterocycles. The number of carboxylic acids is 1. The highest BCUT2D eigenvalue weighted by atomic mass is 35.5. The largest absolute Gasteiger partial charge is 0.477 e. The van der Waals surface area contributed by atoms with Crippen LogP contribution in [0.25, 0.3) is 0 Å². The second-order valence-electron chi connectivity index (χ2n) is 7.14. The Balaban J connectivity index is 1.52. The van der Waals surface area contributed by atoms with Gasteiger partial charge >= 0.3 is 5.97 Å². The summed E-state index contributed by atoms with van der Waals surface area (Å²) in [6.45, 7) is 2.61. The summed E-state index contributed by atoms with van der Waals surface area (Å²) in [6, 6.07) is -1.48. The SMILES string of the molecule is CCNc1nnc(SC2=C(C(=O)O)N3C(=O)C(NC(=O)C(=NOC)c4nc(N)sc4Cl)C3CC2)s1. The standard InChI is InChI=1S/C18H19ClN8O5S3/c1-3-21-17-24-25-18(35-17)33-7-5-4-6-8(14(29)27(6)11(7)15(30)31)22-13(28)10(26-32-2)9-12(19)34-16(20)23-9/h6,8H,3-5H2,1-2H3,(H2,20,23)(H,21,24)(H,22,28)(H,30,31). The van der Waals surface area contributed by atoms with Crippen LogP contribution in [-0.2, 0) is 19.2 Å². The van der Waals surface area contributed by atoms with E-state index in [0.717, 1.165) is 11.3 Å². The molecular weight excluding hydrogens is 540 g/mol. The van der Waals surface area contributed by atoms with E-state index in [0.29, 0.717) is 33.8 Å². The summed E-state index contributed by atoms with van der Waals surface area (Å²) < 4.78 is 0.699. The Kier molecular flexibility index (Phi) is 7.44. The molecule has 0 aliphatic carbocycles. The van der Waals surface area contributed by atoms with Gasteiger partial charge < -0.3 is 26.3 Å². The van der Waals surface area contributed by atoms with Gasteiger partial charge in [-0.1, -0.05) is 51.2 Å². The third kappa shape index (κ3) is 4.91. The number of thioether (sulfide) groups is 1. The minimum Gasteiger partial charge on any atom is -0.477 e. The van der Waals surface area contributed by atoms with Crippen molar-refractivity contribution in [2.24, 2.45) is 5.16 Å². The van der Waals surface area contributed by atoms with Crippen LogP contribution in [0.5, 0.6) is 0 Å². The summed E-state index contributed by atoms with van der Waals surface area (Å²) in [5.41, 5.74) is 5.31. The number of rotatable bonds is 9. The van der Waals surface area contributed by atoms with E-state index >= 15 is 0 Å². The number of carbonyl (C=O) groups excluding carboxylic acids is 2. The molecule has 2 aliphatic rings. The first-order valence-corrected chi connectivity index (χ1v) is 13.0. The zero-order valence-electron chi connectivity index (χ0n) is 18.3. The van der Waals surface area contributed by atoms with Gasteiger partial charge in [-0.05, 0) is 19.8 Å². The van der Waals surface area contributed by atoms with Crippen molar-refractivity contribution in [3.8, 4) is 0 Å². The van der Waals surface area contributed by atoms with Crippen molar-refractivity contribution >= 4 is 79.8 Å². The van der Waals surface area contributed by atoms with Crippen LogP contribution in [0.2, 0.25) is 4.34 Å². The summed E-state index contributed by atoms with van der Waals surface area (Å²) in [7, 11) is 1.25. The van der Waals surface area contributed by atoms with Gasteiger partial charge in [0, 0.05) is 11.4 Å². The summed E-state index contributed by atoms with van der Waals surface area (Å²) >= 11 is 9.52. The number of oxime groups is 1. The number of halogens is 1. The molecule has 35 heavy (non-hydrogen) atoms. The normalized spacial score (nSPS) is 19.8. The maximum atomic E-state index is 13.0. The number of hydrogen-bond donors (Lipinski definition) is 4. The van der Waals surface area contributed by atoms with Crippen LogP contribution in [0.4, 0.5) is 10.3 Å². The zero-order chi connectivity index (χ0) is 25.3. The fourth-order valence-corrected chi connectivity index (χ4v) is 6.64. The van der Waals surface area contributed by atoms with Crippen molar-refractivity contribution in [1.82, 2.24) is 25.4 Å². The fourth-order valence-electron chi connectivity index (χ4n) is 3.66. The van der Waals surface area contributed by atoms with E-state index in [1.54, 1.807) is 0 Å². The highest BCUT2D eigenvalue weighted by Crippen LogP contribution is 2.44. The van der Waals surface area contributed by atoms with E-state index in [2.05, 4.69) is 31.0 Å². The summed E-state index contributed by atoms with van der Waals surface area (Å²) in [4.78, 5) is 48.4. The molecule has 0 radical (unpaired) electrons. The molecule has 4 heterocycles. The molecule has 2 aromatic rings. The Labute approximate surface area is 215 Å². The van der Waals surface area contributed by atoms with Crippen LogP contribution in [0.1, 0.15) is 25.5 Å². The van der Waals surface area contributed by atoms with Gasteiger partial charge in [0.25, 0.3) is 11.8 Å². The van der Waals surface area contributed by atoms with Gasteiger partial charge in [-0.2, -0.15) is 0 Å². The summed E-state index contributed by atoms with van der Waals surface area (Å²) in [6.07, 6.45) is 0.826. The Bertz CT molecular complexity index is 1240. The Morgan fingerprint density at radius 1 is 1.40 bits per heavy atom. The van der Waals surface area contributed by atoms with Gasteiger partial charge in [0.15, 0.2) is 15.2 Å². The molecule has 13 nitrogen and oxygen atoms in total. The molecule has 0 saturated carbocycles. The van der Waals surface area contributed by atoms with Crippen LogP contribution in [0.15, 0.2) is 20.1 Å². The van der Waals surface area contributed by atoms with Crippen LogP contribution < -0.4 is 16.4 Å². The number of nitrogens with zero attached hydrogens (tertiary/aromatic N) is 5. The number of fused-ring (bicyclic) bond motifs is 1. The molecule has 2 atom stereocenters. The van der Waals surface area contributed by atoms with E-state index in [1.165, 1.54) is 35.1 Å². The van der Waals surface area contributed by atoms with Crippen molar-refractivity contribution in [1.29, 1.82) is 0 Å². The number of amides is 2. The molecule has 0 spiro atoms.